The highest BCUT2D eigenvalue weighted by atomic mass is 19.1. The Bertz CT molecular complexity index is 1300. The fourth-order valence-corrected chi connectivity index (χ4v) is 5.15. The number of piperidine rings is 1. The normalized spacial score (nSPS) is 19.2. The summed E-state index contributed by atoms with van der Waals surface area (Å²) in [6.45, 7) is 3.28. The highest BCUT2D eigenvalue weighted by molar-refractivity contribution is 5.87. The Balaban J connectivity index is 1.43. The number of fused-ring (bicyclic) bond motifs is 1. The van der Waals surface area contributed by atoms with E-state index in [-0.39, 0.29) is 22.9 Å². The van der Waals surface area contributed by atoms with E-state index in [2.05, 4.69) is 9.88 Å². The lowest BCUT2D eigenvalue weighted by Crippen LogP contribution is -2.48. The Morgan fingerprint density at radius 3 is 2.44 bits per heavy atom. The van der Waals surface area contributed by atoms with E-state index >= 15 is 0 Å². The zero-order valence-corrected chi connectivity index (χ0v) is 18.9. The molecule has 1 atom stereocenters. The topological polar surface area (TPSA) is 56.4 Å². The average Bonchev–Trinajstić information content (AvgIpc) is 3.31. The van der Waals surface area contributed by atoms with Gasteiger partial charge in [0.05, 0.1) is 16.6 Å². The molecule has 1 N–H and O–H groups in total. The van der Waals surface area contributed by atoms with Crippen LogP contribution in [0.2, 0.25) is 0 Å². The molecule has 2 fully saturated rings. The molecule has 1 aromatic heterocycles. The summed E-state index contributed by atoms with van der Waals surface area (Å²) >= 11 is 0. The van der Waals surface area contributed by atoms with Crippen molar-refractivity contribution in [1.82, 2.24) is 9.88 Å². The maximum atomic E-state index is 14.2. The number of rotatable bonds is 3. The smallest absolute Gasteiger partial charge is 0.245 e. The van der Waals surface area contributed by atoms with Crippen LogP contribution < -0.4 is 10.3 Å². The van der Waals surface area contributed by atoms with Gasteiger partial charge >= 0.3 is 0 Å². The predicted molar refractivity (Wildman–Crippen MR) is 126 cm³/mol. The quantitative estimate of drug-likeness (QED) is 0.605. The summed E-state index contributed by atoms with van der Waals surface area (Å²) in [5.74, 6) is -1.60. The van der Waals surface area contributed by atoms with E-state index < -0.39 is 23.2 Å². The molecule has 34 heavy (non-hydrogen) atoms. The second-order valence-corrected chi connectivity index (χ2v) is 9.16. The first-order chi connectivity index (χ1) is 16.3. The van der Waals surface area contributed by atoms with Gasteiger partial charge in [-0.1, -0.05) is 12.1 Å². The van der Waals surface area contributed by atoms with Gasteiger partial charge in [0.15, 0.2) is 5.43 Å². The third kappa shape index (κ3) is 3.95. The minimum Gasteiger partial charge on any atom is -0.360 e. The van der Waals surface area contributed by atoms with Crippen LogP contribution in [0.3, 0.4) is 0 Å². The van der Waals surface area contributed by atoms with E-state index in [1.165, 1.54) is 0 Å². The summed E-state index contributed by atoms with van der Waals surface area (Å²) in [6, 6.07) is 9.01. The SMILES string of the molecule is Cc1c(-c2ccc(N3CCC[C@@H]3C(=O)N3CCC(F)CC3)cc2)[nH]c2cc(F)cc(F)c2c1=O. The van der Waals surface area contributed by atoms with Crippen LogP contribution in [0.5, 0.6) is 0 Å². The molecule has 1 amide bonds. The van der Waals surface area contributed by atoms with E-state index in [1.54, 1.807) is 11.8 Å². The molecule has 0 aliphatic carbocycles. The van der Waals surface area contributed by atoms with Crippen LogP contribution in [-0.2, 0) is 4.79 Å². The second kappa shape index (κ2) is 8.81. The van der Waals surface area contributed by atoms with Gasteiger partial charge < -0.3 is 14.8 Å². The zero-order valence-electron chi connectivity index (χ0n) is 18.9. The lowest BCUT2D eigenvalue weighted by molar-refractivity contribution is -0.133. The molecule has 5 nitrogen and oxygen atoms in total. The van der Waals surface area contributed by atoms with E-state index in [0.717, 1.165) is 31.1 Å². The van der Waals surface area contributed by atoms with E-state index in [0.29, 0.717) is 48.8 Å². The summed E-state index contributed by atoms with van der Waals surface area (Å²) in [6.07, 6.45) is 1.61. The minimum absolute atomic E-state index is 0.0484. The van der Waals surface area contributed by atoms with Crippen molar-refractivity contribution in [2.24, 2.45) is 0 Å². The number of carbonyl (C=O) groups excluding carboxylic acids is 1. The lowest BCUT2D eigenvalue weighted by Gasteiger charge is -2.34. The number of carbonyl (C=O) groups is 1. The van der Waals surface area contributed by atoms with Crippen molar-refractivity contribution in [3.63, 3.8) is 0 Å². The Hall–Kier alpha value is -3.29. The summed E-state index contributed by atoms with van der Waals surface area (Å²) in [5, 5.41) is -0.158. The molecule has 2 aliphatic rings. The molecule has 2 saturated heterocycles. The van der Waals surface area contributed by atoms with Crippen LogP contribution in [-0.4, -0.2) is 47.6 Å². The average molecular weight is 470 g/mol. The molecule has 0 bridgehead atoms. The van der Waals surface area contributed by atoms with Crippen molar-refractivity contribution < 1.29 is 18.0 Å². The molecular formula is C26H26F3N3O2. The number of hydrogen-bond donors (Lipinski definition) is 1. The fourth-order valence-electron chi connectivity index (χ4n) is 5.15. The van der Waals surface area contributed by atoms with Crippen molar-refractivity contribution >= 4 is 22.5 Å². The number of halogens is 3. The summed E-state index contributed by atoms with van der Waals surface area (Å²) in [7, 11) is 0. The van der Waals surface area contributed by atoms with Gasteiger partial charge in [-0.25, -0.2) is 13.2 Å². The van der Waals surface area contributed by atoms with Crippen LogP contribution in [0.4, 0.5) is 18.9 Å². The molecule has 8 heteroatoms. The standard InChI is InChI=1S/C26H26F3N3O2/c1-15-24(30-21-14-18(28)13-20(29)23(21)25(15)33)16-4-6-19(7-5-16)32-10-2-3-22(32)26(34)31-11-8-17(27)9-12-31/h4-7,13-14,17,22H,2-3,8-12H2,1H3,(H,30,33)/t22-/m1/s1. The van der Waals surface area contributed by atoms with Crippen molar-refractivity contribution in [2.45, 2.75) is 44.8 Å². The number of amides is 1. The molecule has 0 unspecified atom stereocenters. The van der Waals surface area contributed by atoms with Crippen LogP contribution in [0.1, 0.15) is 31.2 Å². The van der Waals surface area contributed by atoms with Crippen LogP contribution >= 0.6 is 0 Å². The third-order valence-corrected chi connectivity index (χ3v) is 7.02. The number of H-pyrrole nitrogens is 1. The monoisotopic (exact) mass is 469 g/mol. The third-order valence-electron chi connectivity index (χ3n) is 7.02. The van der Waals surface area contributed by atoms with Crippen molar-refractivity contribution in [1.29, 1.82) is 0 Å². The van der Waals surface area contributed by atoms with E-state index in [9.17, 15) is 22.8 Å². The largest absolute Gasteiger partial charge is 0.360 e. The number of pyridine rings is 1. The number of aromatic nitrogens is 1. The van der Waals surface area contributed by atoms with Crippen molar-refractivity contribution in [3.05, 3.63) is 63.8 Å². The highest BCUT2D eigenvalue weighted by Crippen LogP contribution is 2.31. The lowest BCUT2D eigenvalue weighted by atomic mass is 10.0. The number of likely N-dealkylation sites (tertiary alicyclic amines) is 1. The van der Waals surface area contributed by atoms with Gasteiger partial charge in [-0.15, -0.1) is 0 Å². The van der Waals surface area contributed by atoms with Gasteiger partial charge in [0, 0.05) is 37.0 Å². The first-order valence-electron chi connectivity index (χ1n) is 11.6. The van der Waals surface area contributed by atoms with Crippen LogP contribution in [0.25, 0.3) is 22.2 Å². The van der Waals surface area contributed by atoms with E-state index in [1.807, 2.05) is 24.3 Å². The molecule has 2 aliphatic heterocycles. The Labute approximate surface area is 195 Å². The number of anilines is 1. The molecular weight excluding hydrogens is 443 g/mol. The van der Waals surface area contributed by atoms with Gasteiger partial charge in [-0.3, -0.25) is 9.59 Å². The van der Waals surface area contributed by atoms with Crippen molar-refractivity contribution in [3.8, 4) is 11.3 Å². The molecule has 0 saturated carbocycles. The van der Waals surface area contributed by atoms with Crippen LogP contribution in [0, 0.1) is 18.6 Å². The van der Waals surface area contributed by atoms with Gasteiger partial charge in [-0.05, 0) is 56.4 Å². The Kier molecular flexibility index (Phi) is 5.83. The summed E-state index contributed by atoms with van der Waals surface area (Å²) < 4.78 is 41.4. The van der Waals surface area contributed by atoms with Crippen molar-refractivity contribution in [2.75, 3.05) is 24.5 Å². The van der Waals surface area contributed by atoms with Gasteiger partial charge in [0.2, 0.25) is 5.91 Å². The summed E-state index contributed by atoms with van der Waals surface area (Å²) in [5.41, 5.74) is 2.06. The number of nitrogens with zero attached hydrogens (tertiary/aromatic N) is 2. The number of aromatic amines is 1. The van der Waals surface area contributed by atoms with Gasteiger partial charge in [-0.2, -0.15) is 0 Å². The zero-order chi connectivity index (χ0) is 24.0. The molecule has 0 radical (unpaired) electrons. The predicted octanol–water partition coefficient (Wildman–Crippen LogP) is 4.71. The second-order valence-electron chi connectivity index (χ2n) is 9.16. The van der Waals surface area contributed by atoms with Gasteiger partial charge in [0.1, 0.15) is 23.8 Å². The molecule has 3 aromatic rings. The number of hydrogen-bond acceptors (Lipinski definition) is 3. The molecule has 178 valence electrons. The number of benzene rings is 2. The fraction of sp³-hybridized carbons (Fsp3) is 0.385. The van der Waals surface area contributed by atoms with Crippen LogP contribution in [0.15, 0.2) is 41.2 Å². The maximum absolute atomic E-state index is 14.2. The number of nitrogens with one attached hydrogen (secondary N) is 1. The molecule has 3 heterocycles. The Morgan fingerprint density at radius 1 is 1.03 bits per heavy atom. The van der Waals surface area contributed by atoms with E-state index in [4.69, 9.17) is 0 Å². The molecule has 5 rings (SSSR count). The number of alkyl halides is 1. The highest BCUT2D eigenvalue weighted by Gasteiger charge is 2.35. The molecule has 0 spiro atoms. The summed E-state index contributed by atoms with van der Waals surface area (Å²) in [4.78, 5) is 32.7. The minimum atomic E-state index is -0.887. The Morgan fingerprint density at radius 2 is 1.74 bits per heavy atom. The van der Waals surface area contributed by atoms with Gasteiger partial charge in [0.25, 0.3) is 0 Å². The maximum Gasteiger partial charge on any atom is 0.245 e. The molecule has 2 aromatic carbocycles. The first-order valence-corrected chi connectivity index (χ1v) is 11.6. The first kappa shape index (κ1) is 22.5.